The average molecular weight is 330 g/mol. The van der Waals surface area contributed by atoms with Crippen LogP contribution < -0.4 is 10.1 Å². The molecule has 0 bridgehead atoms. The molecule has 0 radical (unpaired) electrons. The lowest BCUT2D eigenvalue weighted by Crippen LogP contribution is -2.26. The van der Waals surface area contributed by atoms with Gasteiger partial charge in [-0.3, -0.25) is 0 Å². The maximum absolute atomic E-state index is 5.76. The SMILES string of the molecule is Brc1cccc2c1CCC2NC1COc2ccccc21. The predicted octanol–water partition coefficient (Wildman–Crippen LogP) is 4.16. The summed E-state index contributed by atoms with van der Waals surface area (Å²) in [5, 5.41) is 3.77. The monoisotopic (exact) mass is 329 g/mol. The molecule has 102 valence electrons. The van der Waals surface area contributed by atoms with Crippen molar-refractivity contribution in [1.29, 1.82) is 0 Å². The van der Waals surface area contributed by atoms with Crippen LogP contribution in [0.15, 0.2) is 46.9 Å². The maximum Gasteiger partial charge on any atom is 0.124 e. The Balaban J connectivity index is 1.60. The summed E-state index contributed by atoms with van der Waals surface area (Å²) < 4.78 is 7.00. The number of ether oxygens (including phenoxy) is 1. The highest BCUT2D eigenvalue weighted by Crippen LogP contribution is 2.39. The minimum atomic E-state index is 0.307. The van der Waals surface area contributed by atoms with Crippen LogP contribution in [-0.2, 0) is 6.42 Å². The summed E-state index contributed by atoms with van der Waals surface area (Å²) in [4.78, 5) is 0. The molecule has 1 aliphatic heterocycles. The first-order valence-corrected chi connectivity index (χ1v) is 7.87. The fourth-order valence-corrected chi connectivity index (χ4v) is 3.91. The molecule has 2 aromatic carbocycles. The van der Waals surface area contributed by atoms with E-state index in [1.165, 1.54) is 21.2 Å². The Kier molecular flexibility index (Phi) is 3.04. The van der Waals surface area contributed by atoms with Crippen LogP contribution in [0.5, 0.6) is 5.75 Å². The molecule has 0 spiro atoms. The second kappa shape index (κ2) is 4.90. The van der Waals surface area contributed by atoms with Gasteiger partial charge in [0.05, 0.1) is 6.04 Å². The summed E-state index contributed by atoms with van der Waals surface area (Å²) in [5.41, 5.74) is 4.18. The van der Waals surface area contributed by atoms with Crippen LogP contribution in [-0.4, -0.2) is 6.61 Å². The molecule has 2 aromatic rings. The van der Waals surface area contributed by atoms with Crippen LogP contribution in [0, 0.1) is 0 Å². The molecule has 1 N–H and O–H groups in total. The molecule has 2 unspecified atom stereocenters. The molecule has 2 atom stereocenters. The zero-order chi connectivity index (χ0) is 13.5. The first kappa shape index (κ1) is 12.4. The minimum absolute atomic E-state index is 0.307. The molecular weight excluding hydrogens is 314 g/mol. The molecule has 0 fully saturated rings. The van der Waals surface area contributed by atoms with E-state index >= 15 is 0 Å². The van der Waals surface area contributed by atoms with E-state index in [4.69, 9.17) is 4.74 Å². The average Bonchev–Trinajstić information content (AvgIpc) is 3.06. The van der Waals surface area contributed by atoms with Crippen LogP contribution >= 0.6 is 15.9 Å². The van der Waals surface area contributed by atoms with E-state index in [1.54, 1.807) is 0 Å². The Morgan fingerprint density at radius 2 is 1.85 bits per heavy atom. The highest BCUT2D eigenvalue weighted by molar-refractivity contribution is 9.10. The Bertz CT molecular complexity index is 655. The first-order chi connectivity index (χ1) is 9.83. The van der Waals surface area contributed by atoms with E-state index in [0.717, 1.165) is 25.2 Å². The van der Waals surface area contributed by atoms with Crippen molar-refractivity contribution < 1.29 is 4.74 Å². The molecule has 0 aromatic heterocycles. The van der Waals surface area contributed by atoms with Gasteiger partial charge >= 0.3 is 0 Å². The molecule has 0 saturated heterocycles. The van der Waals surface area contributed by atoms with Gasteiger partial charge in [-0.15, -0.1) is 0 Å². The zero-order valence-electron chi connectivity index (χ0n) is 11.1. The number of benzene rings is 2. The smallest absolute Gasteiger partial charge is 0.124 e. The van der Waals surface area contributed by atoms with Gasteiger partial charge in [0.1, 0.15) is 12.4 Å². The van der Waals surface area contributed by atoms with E-state index in [1.807, 2.05) is 6.07 Å². The van der Waals surface area contributed by atoms with Gasteiger partial charge in [-0.1, -0.05) is 46.3 Å². The van der Waals surface area contributed by atoms with Crippen molar-refractivity contribution in [2.75, 3.05) is 6.61 Å². The van der Waals surface area contributed by atoms with Crippen LogP contribution in [0.4, 0.5) is 0 Å². The third-order valence-corrected chi connectivity index (χ3v) is 5.06. The number of halogens is 1. The van der Waals surface area contributed by atoms with Gasteiger partial charge in [-0.2, -0.15) is 0 Å². The minimum Gasteiger partial charge on any atom is -0.491 e. The third-order valence-electron chi connectivity index (χ3n) is 4.32. The summed E-state index contributed by atoms with van der Waals surface area (Å²) in [6.07, 6.45) is 2.31. The summed E-state index contributed by atoms with van der Waals surface area (Å²) in [5.74, 6) is 1.03. The molecule has 0 saturated carbocycles. The molecule has 3 heteroatoms. The second-order valence-corrected chi connectivity index (χ2v) is 6.32. The van der Waals surface area contributed by atoms with Gasteiger partial charge in [-0.05, 0) is 36.1 Å². The Labute approximate surface area is 127 Å². The van der Waals surface area contributed by atoms with E-state index in [2.05, 4.69) is 57.6 Å². The molecule has 1 heterocycles. The number of para-hydroxylation sites is 1. The second-order valence-electron chi connectivity index (χ2n) is 5.47. The van der Waals surface area contributed by atoms with Gasteiger partial charge in [0.25, 0.3) is 0 Å². The quantitative estimate of drug-likeness (QED) is 0.893. The number of nitrogens with one attached hydrogen (secondary N) is 1. The largest absolute Gasteiger partial charge is 0.491 e. The summed E-state index contributed by atoms with van der Waals surface area (Å²) in [6, 6.07) is 15.6. The normalized spacial score (nSPS) is 23.2. The lowest BCUT2D eigenvalue weighted by atomic mass is 10.0. The molecule has 4 rings (SSSR count). The van der Waals surface area contributed by atoms with Gasteiger partial charge in [0, 0.05) is 16.1 Å². The highest BCUT2D eigenvalue weighted by Gasteiger charge is 2.30. The molecular formula is C17H16BrNO. The lowest BCUT2D eigenvalue weighted by Gasteiger charge is -2.19. The number of rotatable bonds is 2. The number of fused-ring (bicyclic) bond motifs is 2. The summed E-state index contributed by atoms with van der Waals surface area (Å²) >= 11 is 3.66. The number of hydrogen-bond donors (Lipinski definition) is 1. The highest BCUT2D eigenvalue weighted by atomic mass is 79.9. The first-order valence-electron chi connectivity index (χ1n) is 7.08. The topological polar surface area (TPSA) is 21.3 Å². The van der Waals surface area contributed by atoms with Crippen molar-refractivity contribution in [2.45, 2.75) is 24.9 Å². The van der Waals surface area contributed by atoms with Crippen molar-refractivity contribution in [2.24, 2.45) is 0 Å². The van der Waals surface area contributed by atoms with E-state index in [0.29, 0.717) is 12.1 Å². The molecule has 1 aliphatic carbocycles. The van der Waals surface area contributed by atoms with Crippen LogP contribution in [0.2, 0.25) is 0 Å². The molecule has 0 amide bonds. The van der Waals surface area contributed by atoms with Crippen molar-refractivity contribution in [3.8, 4) is 5.75 Å². The molecule has 2 nitrogen and oxygen atoms in total. The van der Waals surface area contributed by atoms with Crippen LogP contribution in [0.1, 0.15) is 35.2 Å². The van der Waals surface area contributed by atoms with Crippen molar-refractivity contribution in [3.63, 3.8) is 0 Å². The maximum atomic E-state index is 5.76. The lowest BCUT2D eigenvalue weighted by molar-refractivity contribution is 0.297. The van der Waals surface area contributed by atoms with Crippen molar-refractivity contribution in [3.05, 3.63) is 63.6 Å². The third kappa shape index (κ3) is 1.97. The van der Waals surface area contributed by atoms with Gasteiger partial charge in [0.2, 0.25) is 0 Å². The van der Waals surface area contributed by atoms with E-state index < -0.39 is 0 Å². The Morgan fingerprint density at radius 3 is 2.80 bits per heavy atom. The van der Waals surface area contributed by atoms with E-state index in [-0.39, 0.29) is 0 Å². The molecule has 20 heavy (non-hydrogen) atoms. The fraction of sp³-hybridized carbons (Fsp3) is 0.294. The van der Waals surface area contributed by atoms with Gasteiger partial charge in [-0.25, -0.2) is 0 Å². The summed E-state index contributed by atoms with van der Waals surface area (Å²) in [6.45, 7) is 0.735. The van der Waals surface area contributed by atoms with Crippen LogP contribution in [0.3, 0.4) is 0 Å². The van der Waals surface area contributed by atoms with Crippen molar-refractivity contribution in [1.82, 2.24) is 5.32 Å². The standard InChI is InChI=1S/C17H16BrNO/c18-14-6-3-5-12-11(14)8-9-15(12)19-16-10-20-17-7-2-1-4-13(16)17/h1-7,15-16,19H,8-10H2. The van der Waals surface area contributed by atoms with Gasteiger partial charge < -0.3 is 10.1 Å². The number of hydrogen-bond acceptors (Lipinski definition) is 2. The van der Waals surface area contributed by atoms with Crippen LogP contribution in [0.25, 0.3) is 0 Å². The zero-order valence-corrected chi connectivity index (χ0v) is 12.7. The van der Waals surface area contributed by atoms with Gasteiger partial charge in [0.15, 0.2) is 0 Å². The van der Waals surface area contributed by atoms with E-state index in [9.17, 15) is 0 Å². The Hall–Kier alpha value is -1.32. The predicted molar refractivity (Wildman–Crippen MR) is 83.0 cm³/mol. The Morgan fingerprint density at radius 1 is 1.00 bits per heavy atom. The van der Waals surface area contributed by atoms with Crippen molar-refractivity contribution >= 4 is 15.9 Å². The summed E-state index contributed by atoms with van der Waals surface area (Å²) in [7, 11) is 0. The fourth-order valence-electron chi connectivity index (χ4n) is 3.33. The molecule has 2 aliphatic rings.